The summed E-state index contributed by atoms with van der Waals surface area (Å²) in [5.74, 6) is 0. The molecule has 0 amide bonds. The first kappa shape index (κ1) is 29499999999999999259160442572898304. The van der Waals surface area contributed by atoms with Gasteiger partial charge in [0, 0.05) is 0 Å². The van der Waals surface area contributed by atoms with E-state index in [1.807, 2.05) is 0 Å². The summed E-state index contributed by atoms with van der Waals surface area (Å²) in [6.45, 7) is 0. The summed E-state index contributed by atoms with van der Waals surface area (Å²) in [6.07, 6.45) is 0. The lowest BCUT2D eigenvalue weighted by Crippen LogP contribution is 0.419. The van der Waals surface area contributed by atoms with Crippen LogP contribution in [0.1, 0.15) is 0 Å². The van der Waals surface area contributed by atoms with Crippen molar-refractivity contribution in [3.05, 3.63) is 0 Å². The van der Waals surface area contributed by atoms with E-state index in [1.54, 1.807) is 0 Å². The van der Waals surface area contributed by atoms with E-state index in [0.717, 1.165) is 0 Å². The largest absolute Gasteiger partial charge is 0.269 e. The minimum atomic E-state index is 0. The second kappa shape index (κ2) is 22300000000000001034524584994406400. The Labute approximate surface area is 75.0 Å². The molecule has 96 valence electrons. The quantitative estimate of drug-likeness (QED) is 0.587. The molecule has 0 aliphatic rings. The van der Waals surface area contributed by atoms with Crippen LogP contribution in [0.25, 0.3) is 0 Å². The Bertz CT molecular complexity index is 7.80. The highest BCUT2D eigenvalue weighted by atomic mass is 32.1. The van der Waals surface area contributed by atoms with Crippen LogP contribution in [0.4, 0.5) is 47.0 Å². The Morgan fingerprint density at radius 3 is 0.167 bits per heavy atom. The molecular weight excluding hydrogens is 254 g/mol. The zero-order valence-corrected chi connectivity index (χ0v) is 7.08. The van der Waals surface area contributed by atoms with Crippen LogP contribution in [-0.2, 0) is 0 Å². The Balaban J connectivity index is 0. The van der Waals surface area contributed by atoms with Crippen LogP contribution in [0.15, 0.2) is 0 Å². The van der Waals surface area contributed by atoms with Crippen LogP contribution < -0.4 is 0 Å². The highest BCUT2D eigenvalue weighted by Crippen LogP contribution is 0.649. The highest BCUT2D eigenvalue weighted by Gasteiger charge is -0.196. The highest BCUT2D eigenvalue weighted by molar-refractivity contribution is 7.59. The van der Waals surface area contributed by atoms with Crippen molar-refractivity contribution in [1.29, 1.82) is 0 Å². The third kappa shape index (κ3) is 16399999999999999799186690951610368. The van der Waals surface area contributed by atoms with Gasteiger partial charge in [-0.05, 0) is 0 Å². The van der Waals surface area contributed by atoms with Gasteiger partial charge in [-0.25, -0.2) is 0 Å². The molecule has 12 heavy (non-hydrogen) atoms. The summed E-state index contributed by atoms with van der Waals surface area (Å²) in [6, 6.07) is 0. The molecule has 0 saturated carbocycles. The van der Waals surface area contributed by atoms with Crippen molar-refractivity contribution in [2.45, 2.75) is 0 Å². The van der Waals surface area contributed by atoms with E-state index in [-0.39, 0.29) is 74.0 Å². The maximum Gasteiger partial charge on any atom is -0.197 e. The zero-order valence-electron chi connectivity index (χ0n) is 5.08. The van der Waals surface area contributed by atoms with Crippen molar-refractivity contribution in [3.8, 4) is 0 Å². The van der Waals surface area contributed by atoms with E-state index in [0.29, 0.717) is 0 Å². The van der Waals surface area contributed by atoms with Crippen LogP contribution in [0, 0.1) is 0 Å². The molecule has 0 atom stereocenters. The summed E-state index contributed by atoms with van der Waals surface area (Å²) in [5, 5.41) is 0. The average Bonchev–Trinajstić information content (AvgIpc) is 0. The molecule has 0 aromatic heterocycles. The van der Waals surface area contributed by atoms with Crippen LogP contribution in [0.5, 0.6) is 0 Å². The van der Waals surface area contributed by atoms with Gasteiger partial charge in [-0.1, -0.05) is 0 Å². The van der Waals surface area contributed by atoms with Crippen LogP contribution in [0.3, 0.4) is 0 Å². The summed E-state index contributed by atoms with van der Waals surface area (Å²) in [4.78, 5) is 0. The molecule has 0 spiro atoms. The molecule has 0 nitrogen and oxygen atoms in total. The number of hydrogen-bond donors (Lipinski definition) is 0. The number of rotatable bonds is 0. The molecule has 12 heteroatoms. The lowest BCUT2D eigenvalue weighted by molar-refractivity contribution is 1.11. The predicted octanol–water partition coefficient (Wildman–Crippen LogP) is 1.75. The van der Waals surface area contributed by atoms with E-state index in [1.165, 1.54) is 0 Å². The number of hydrogen-bond acceptors (Lipinski definition) is 0. The Hall–Kier alpha value is -0.000000000000000222. The fourth-order valence-electron chi connectivity index (χ4n) is 0. The molecule has 0 rings (SSSR count). The molecule has 0 heterocycles. The van der Waals surface area contributed by atoms with Gasteiger partial charge < -0.3 is 0 Å². The normalized spacial score (nSPS) is 0. The minimum absolute atomic E-state index is 0. The molecule has 0 bridgehead atoms. The van der Waals surface area contributed by atoms with Gasteiger partial charge in [0.25, 0.3) is 0 Å². The molecule has 0 aliphatic heterocycles. The SMILES string of the molecule is F.F.F.F.F.F.F.F.F.F.S.S. The van der Waals surface area contributed by atoms with Crippen LogP contribution in [-0.4, -0.2) is 0 Å². The molecule has 0 radical (unpaired) electrons. The van der Waals surface area contributed by atoms with Gasteiger partial charge in [-0.15, -0.1) is 0 Å². The molecule has 0 unspecified atom stereocenters. The van der Waals surface area contributed by atoms with Crippen LogP contribution >= 0.6 is 27.0 Å². The maximum absolute atomic E-state index is 0. The Morgan fingerprint density at radius 1 is 0.167 bits per heavy atom. The third-order valence-electron chi connectivity index (χ3n) is 0. The predicted molar refractivity (Wildman–Crippen MR) is 45.8 cm³/mol. The molecule has 0 N–H and O–H groups in total. The van der Waals surface area contributed by atoms with E-state index < -0.39 is 0 Å². The molecule has 0 aromatic carbocycles. The topological polar surface area (TPSA) is 0 Å². The van der Waals surface area contributed by atoms with Gasteiger partial charge in [0.05, 0.1) is 0 Å². The van der Waals surface area contributed by atoms with Crippen molar-refractivity contribution < 1.29 is 47.0 Å². The molecule has 0 fully saturated rings. The van der Waals surface area contributed by atoms with Crippen molar-refractivity contribution in [2.24, 2.45) is 0 Å². The maximum atomic E-state index is 0. The van der Waals surface area contributed by atoms with Gasteiger partial charge in [0.2, 0.25) is 0 Å². The summed E-state index contributed by atoms with van der Waals surface area (Å²) in [7, 11) is 0. The van der Waals surface area contributed by atoms with Gasteiger partial charge in [0.15, 0.2) is 0 Å². The van der Waals surface area contributed by atoms with Crippen molar-refractivity contribution in [2.75, 3.05) is 0 Å². The van der Waals surface area contributed by atoms with Crippen molar-refractivity contribution in [1.82, 2.24) is 0 Å². The molecule has 0 saturated heterocycles. The first-order chi connectivity index (χ1) is 0. The summed E-state index contributed by atoms with van der Waals surface area (Å²) < 4.78 is 0. The Kier molecular flexibility index (Phi) is 54799999999999999473017062414253563485834525394596176282351745105920. The second-order valence-electron chi connectivity index (χ2n) is 0. The molecule has 0 aliphatic carbocycles. The standard InChI is InChI=1S/10FH.2H2S/h10*1H;2*1H2. The molecule has 0 aromatic rings. The minimum Gasteiger partial charge on any atom is -0.269 e. The number of halogens is 10. The fourth-order valence-corrected chi connectivity index (χ4v) is 0. The second-order valence-corrected chi connectivity index (χ2v) is 0. The monoisotopic (exact) mass is 268 g/mol. The van der Waals surface area contributed by atoms with Gasteiger partial charge >= 0.3 is 0 Å². The fraction of sp³-hybridized carbons (Fsp3) is 0. The smallest absolute Gasteiger partial charge is 0.197 e. The average molecular weight is 268 g/mol. The van der Waals surface area contributed by atoms with Crippen molar-refractivity contribution in [3.63, 3.8) is 0 Å². The van der Waals surface area contributed by atoms with E-state index in [2.05, 4.69) is 0 Å². The molecular formula is H14F10S2. The van der Waals surface area contributed by atoms with Gasteiger partial charge in [-0.2, -0.15) is 27.0 Å². The van der Waals surface area contributed by atoms with E-state index in [9.17, 15) is 0 Å². The van der Waals surface area contributed by atoms with Crippen molar-refractivity contribution >= 4 is 27.0 Å². The first-order valence-corrected chi connectivity index (χ1v) is 0. The third-order valence-corrected chi connectivity index (χ3v) is 0. The van der Waals surface area contributed by atoms with Gasteiger partial charge in [-0.3, -0.25) is 47.0 Å². The van der Waals surface area contributed by atoms with Crippen LogP contribution in [0.2, 0.25) is 0 Å². The zero-order chi connectivity index (χ0) is 0. The lowest BCUT2D eigenvalue weighted by Gasteiger charge is -0.270. The summed E-state index contributed by atoms with van der Waals surface area (Å²) in [5.41, 5.74) is 0. The Morgan fingerprint density at radius 2 is 0.167 bits per heavy atom. The van der Waals surface area contributed by atoms with E-state index in [4.69, 9.17) is 0 Å². The lowest BCUT2D eigenvalue weighted by atomic mass is 19.0. The van der Waals surface area contributed by atoms with E-state index >= 15 is 0 Å². The summed E-state index contributed by atoms with van der Waals surface area (Å²) >= 11 is 0. The van der Waals surface area contributed by atoms with Gasteiger partial charge in [0.1, 0.15) is 0 Å². The first-order valence-electron chi connectivity index (χ1n) is 0.